The largest absolute Gasteiger partial charge is 0.289 e. The first-order chi connectivity index (χ1) is 7.07. The number of halogens is 3. The van der Waals surface area contributed by atoms with Gasteiger partial charge in [-0.1, -0.05) is 13.0 Å². The van der Waals surface area contributed by atoms with E-state index in [0.29, 0.717) is 6.42 Å². The van der Waals surface area contributed by atoms with Crippen molar-refractivity contribution in [3.05, 3.63) is 47.3 Å². The highest BCUT2D eigenvalue weighted by Crippen LogP contribution is 2.15. The van der Waals surface area contributed by atoms with E-state index < -0.39 is 28.8 Å². The molecule has 0 heterocycles. The van der Waals surface area contributed by atoms with Gasteiger partial charge in [0.1, 0.15) is 0 Å². The van der Waals surface area contributed by atoms with Gasteiger partial charge in [-0.3, -0.25) is 4.79 Å². The summed E-state index contributed by atoms with van der Waals surface area (Å²) in [5, 5.41) is 0. The summed E-state index contributed by atoms with van der Waals surface area (Å²) in [7, 11) is 0. The lowest BCUT2D eigenvalue weighted by Crippen LogP contribution is -2.03. The lowest BCUT2D eigenvalue weighted by molar-refractivity contribution is 0.104. The monoisotopic (exact) mass is 214 g/mol. The summed E-state index contributed by atoms with van der Waals surface area (Å²) in [6.07, 6.45) is 3.26. The second-order valence-electron chi connectivity index (χ2n) is 2.90. The third-order valence-electron chi connectivity index (χ3n) is 1.81. The van der Waals surface area contributed by atoms with Gasteiger partial charge in [-0.2, -0.15) is 0 Å². The summed E-state index contributed by atoms with van der Waals surface area (Å²) in [5.41, 5.74) is -0.460. The van der Waals surface area contributed by atoms with Gasteiger partial charge >= 0.3 is 0 Å². The zero-order valence-corrected chi connectivity index (χ0v) is 8.06. The maximum Gasteiger partial charge on any atom is 0.195 e. The van der Waals surface area contributed by atoms with Crippen molar-refractivity contribution in [2.75, 3.05) is 0 Å². The van der Waals surface area contributed by atoms with Gasteiger partial charge in [0.2, 0.25) is 0 Å². The summed E-state index contributed by atoms with van der Waals surface area (Å²) >= 11 is 0. The molecule has 0 aromatic heterocycles. The first-order valence-corrected chi connectivity index (χ1v) is 4.42. The molecule has 0 fully saturated rings. The SMILES string of the molecule is CC/C=C/C(=O)c1ccc(F)c(F)c1F. The Bertz CT molecular complexity index is 411. The number of carbonyl (C=O) groups excluding carboxylic acids is 1. The highest BCUT2D eigenvalue weighted by Gasteiger charge is 2.16. The van der Waals surface area contributed by atoms with E-state index >= 15 is 0 Å². The Kier molecular flexibility index (Phi) is 3.66. The Hall–Kier alpha value is -1.58. The lowest BCUT2D eigenvalue weighted by atomic mass is 10.1. The van der Waals surface area contributed by atoms with E-state index in [0.717, 1.165) is 18.2 Å². The van der Waals surface area contributed by atoms with Gasteiger partial charge in [0.25, 0.3) is 0 Å². The van der Waals surface area contributed by atoms with Crippen LogP contribution in [-0.4, -0.2) is 5.78 Å². The fraction of sp³-hybridized carbons (Fsp3) is 0.182. The smallest absolute Gasteiger partial charge is 0.195 e. The molecule has 1 nitrogen and oxygen atoms in total. The quantitative estimate of drug-likeness (QED) is 0.429. The van der Waals surface area contributed by atoms with Gasteiger partial charge in [-0.25, -0.2) is 13.2 Å². The Morgan fingerprint density at radius 3 is 2.53 bits per heavy atom. The molecule has 4 heteroatoms. The standard InChI is InChI=1S/C11H9F3O/c1-2-3-4-9(15)7-5-6-8(12)11(14)10(7)13/h3-6H,2H2,1H3/b4-3+. The molecule has 0 atom stereocenters. The molecule has 1 aromatic carbocycles. The number of hydrogen-bond donors (Lipinski definition) is 0. The van der Waals surface area contributed by atoms with Crippen LogP contribution in [0.4, 0.5) is 13.2 Å². The molecule has 80 valence electrons. The molecule has 0 saturated carbocycles. The molecule has 15 heavy (non-hydrogen) atoms. The van der Waals surface area contributed by atoms with Crippen LogP contribution < -0.4 is 0 Å². The van der Waals surface area contributed by atoms with Crippen LogP contribution in [0.25, 0.3) is 0 Å². The van der Waals surface area contributed by atoms with Crippen LogP contribution in [0.1, 0.15) is 23.7 Å². The van der Waals surface area contributed by atoms with Crippen molar-refractivity contribution >= 4 is 5.78 Å². The fourth-order valence-corrected chi connectivity index (χ4v) is 1.03. The van der Waals surface area contributed by atoms with Crippen LogP contribution in [0.15, 0.2) is 24.3 Å². The fourth-order valence-electron chi connectivity index (χ4n) is 1.03. The van der Waals surface area contributed by atoms with Gasteiger partial charge in [0.15, 0.2) is 23.2 Å². The average molecular weight is 214 g/mol. The first kappa shape index (κ1) is 11.5. The molecule has 0 aliphatic carbocycles. The lowest BCUT2D eigenvalue weighted by Gasteiger charge is -2.00. The Morgan fingerprint density at radius 2 is 1.93 bits per heavy atom. The molecule has 0 amide bonds. The number of ketones is 1. The molecule has 0 bridgehead atoms. The molecular formula is C11H9F3O. The van der Waals surface area contributed by atoms with Gasteiger partial charge in [-0.15, -0.1) is 0 Å². The van der Waals surface area contributed by atoms with Gasteiger partial charge in [0.05, 0.1) is 5.56 Å². The summed E-state index contributed by atoms with van der Waals surface area (Å²) in [6, 6.07) is 1.65. The van der Waals surface area contributed by atoms with Crippen molar-refractivity contribution < 1.29 is 18.0 Å². The molecule has 0 radical (unpaired) electrons. The van der Waals surface area contributed by atoms with Crippen LogP contribution in [0.2, 0.25) is 0 Å². The minimum atomic E-state index is -1.62. The number of allylic oxidation sites excluding steroid dienone is 2. The molecule has 1 rings (SSSR count). The molecular weight excluding hydrogens is 205 g/mol. The van der Waals surface area contributed by atoms with Crippen molar-refractivity contribution in [2.24, 2.45) is 0 Å². The van der Waals surface area contributed by atoms with Crippen molar-refractivity contribution in [2.45, 2.75) is 13.3 Å². The predicted octanol–water partition coefficient (Wildman–Crippen LogP) is 3.25. The second kappa shape index (κ2) is 4.77. The number of carbonyl (C=O) groups is 1. The Morgan fingerprint density at radius 1 is 1.27 bits per heavy atom. The highest BCUT2D eigenvalue weighted by atomic mass is 19.2. The molecule has 0 saturated heterocycles. The topological polar surface area (TPSA) is 17.1 Å². The molecule has 0 N–H and O–H groups in total. The number of rotatable bonds is 3. The van der Waals surface area contributed by atoms with Gasteiger partial charge < -0.3 is 0 Å². The van der Waals surface area contributed by atoms with Crippen LogP contribution >= 0.6 is 0 Å². The van der Waals surface area contributed by atoms with Crippen LogP contribution in [0.5, 0.6) is 0 Å². The van der Waals surface area contributed by atoms with Crippen LogP contribution in [0.3, 0.4) is 0 Å². The maximum absolute atomic E-state index is 13.1. The zero-order chi connectivity index (χ0) is 11.4. The van der Waals surface area contributed by atoms with Crippen LogP contribution in [0, 0.1) is 17.5 Å². The summed E-state index contributed by atoms with van der Waals surface area (Å²) < 4.78 is 38.3. The second-order valence-corrected chi connectivity index (χ2v) is 2.90. The minimum absolute atomic E-state index is 0.460. The Labute approximate surface area is 85.2 Å². The summed E-state index contributed by atoms with van der Waals surface area (Å²) in [4.78, 5) is 11.3. The van der Waals surface area contributed by atoms with Crippen molar-refractivity contribution in [1.29, 1.82) is 0 Å². The average Bonchev–Trinajstić information content (AvgIpc) is 2.23. The van der Waals surface area contributed by atoms with E-state index in [4.69, 9.17) is 0 Å². The molecule has 0 spiro atoms. The van der Waals surface area contributed by atoms with Gasteiger partial charge in [0, 0.05) is 0 Å². The summed E-state index contributed by atoms with van der Waals surface area (Å²) in [5.74, 6) is -5.04. The van der Waals surface area contributed by atoms with E-state index in [2.05, 4.69) is 0 Å². The van der Waals surface area contributed by atoms with E-state index in [1.165, 1.54) is 6.08 Å². The molecule has 0 aliphatic rings. The van der Waals surface area contributed by atoms with E-state index in [9.17, 15) is 18.0 Å². The van der Waals surface area contributed by atoms with Crippen LogP contribution in [-0.2, 0) is 0 Å². The molecule has 0 unspecified atom stereocenters. The zero-order valence-electron chi connectivity index (χ0n) is 8.06. The van der Waals surface area contributed by atoms with E-state index in [1.807, 2.05) is 0 Å². The first-order valence-electron chi connectivity index (χ1n) is 4.42. The number of hydrogen-bond acceptors (Lipinski definition) is 1. The third-order valence-corrected chi connectivity index (χ3v) is 1.81. The normalized spacial score (nSPS) is 10.9. The minimum Gasteiger partial charge on any atom is -0.289 e. The van der Waals surface area contributed by atoms with Crippen molar-refractivity contribution in [3.63, 3.8) is 0 Å². The van der Waals surface area contributed by atoms with E-state index in [-0.39, 0.29) is 0 Å². The third kappa shape index (κ3) is 2.46. The summed E-state index contributed by atoms with van der Waals surface area (Å²) in [6.45, 7) is 1.80. The number of benzene rings is 1. The van der Waals surface area contributed by atoms with Gasteiger partial charge in [-0.05, 0) is 24.6 Å². The van der Waals surface area contributed by atoms with E-state index in [1.54, 1.807) is 6.92 Å². The predicted molar refractivity (Wildman–Crippen MR) is 50.1 cm³/mol. The van der Waals surface area contributed by atoms with Crippen molar-refractivity contribution in [1.82, 2.24) is 0 Å². The molecule has 0 aliphatic heterocycles. The maximum atomic E-state index is 13.1. The van der Waals surface area contributed by atoms with Crippen molar-refractivity contribution in [3.8, 4) is 0 Å². The highest BCUT2D eigenvalue weighted by molar-refractivity contribution is 6.04. The Balaban J connectivity index is 3.11. The molecule has 1 aromatic rings.